The molecule has 0 saturated heterocycles. The molecule has 3 rings (SSSR count). The summed E-state index contributed by atoms with van der Waals surface area (Å²) in [6, 6.07) is 10.1. The van der Waals surface area contributed by atoms with E-state index in [-0.39, 0.29) is 23.2 Å². The second-order valence-corrected chi connectivity index (χ2v) is 6.62. The van der Waals surface area contributed by atoms with Crippen LogP contribution in [0.3, 0.4) is 0 Å². The van der Waals surface area contributed by atoms with Crippen LogP contribution >= 0.6 is 0 Å². The molecule has 2 aromatic carbocycles. The molecule has 0 aromatic heterocycles. The van der Waals surface area contributed by atoms with Crippen LogP contribution in [0.1, 0.15) is 64.4 Å². The van der Waals surface area contributed by atoms with Gasteiger partial charge in [0.15, 0.2) is 11.6 Å². The molecule has 0 N–H and O–H groups in total. The van der Waals surface area contributed by atoms with Crippen molar-refractivity contribution in [2.45, 2.75) is 32.6 Å². The molecule has 134 valence electrons. The van der Waals surface area contributed by atoms with Gasteiger partial charge in [-0.2, -0.15) is 0 Å². The minimum atomic E-state index is -1.01. The molecule has 0 saturated carbocycles. The lowest BCUT2D eigenvalue weighted by atomic mass is 9.91. The lowest BCUT2D eigenvalue weighted by Crippen LogP contribution is -2.16. The number of hydrogen-bond acceptors (Lipinski definition) is 5. The number of methoxy groups -OCH3 is 1. The summed E-state index contributed by atoms with van der Waals surface area (Å²) < 4.78 is 10.5. The van der Waals surface area contributed by atoms with Gasteiger partial charge in [-0.05, 0) is 35.7 Å². The smallest absolute Gasteiger partial charge is 0.308 e. The van der Waals surface area contributed by atoms with Crippen LogP contribution in [0.25, 0.3) is 0 Å². The number of rotatable bonds is 4. The topological polar surface area (TPSA) is 69.7 Å². The number of carbonyl (C=O) groups is 3. The van der Waals surface area contributed by atoms with Gasteiger partial charge in [0.1, 0.15) is 17.4 Å². The number of benzene rings is 2. The molecular formula is C21H20O5. The fourth-order valence-electron chi connectivity index (χ4n) is 3.17. The van der Waals surface area contributed by atoms with Crippen molar-refractivity contribution in [3.05, 3.63) is 58.7 Å². The van der Waals surface area contributed by atoms with Gasteiger partial charge in [-0.1, -0.05) is 26.0 Å². The average Bonchev–Trinajstić information content (AvgIpc) is 2.85. The van der Waals surface area contributed by atoms with Gasteiger partial charge in [-0.15, -0.1) is 0 Å². The van der Waals surface area contributed by atoms with E-state index in [0.717, 1.165) is 5.56 Å². The molecule has 2 aromatic rings. The molecule has 1 unspecified atom stereocenters. The van der Waals surface area contributed by atoms with E-state index in [2.05, 4.69) is 0 Å². The molecule has 0 radical (unpaired) electrons. The Labute approximate surface area is 151 Å². The Bertz CT molecular complexity index is 911. The predicted octanol–water partition coefficient (Wildman–Crippen LogP) is 3.91. The highest BCUT2D eigenvalue weighted by Gasteiger charge is 2.41. The number of hydrogen-bond donors (Lipinski definition) is 0. The third kappa shape index (κ3) is 3.01. The first kappa shape index (κ1) is 17.9. The molecule has 0 fully saturated rings. The zero-order valence-electron chi connectivity index (χ0n) is 15.2. The van der Waals surface area contributed by atoms with Gasteiger partial charge in [0, 0.05) is 23.6 Å². The second-order valence-electron chi connectivity index (χ2n) is 6.62. The minimum absolute atomic E-state index is 0.217. The predicted molar refractivity (Wildman–Crippen MR) is 96.2 cm³/mol. The van der Waals surface area contributed by atoms with E-state index in [1.54, 1.807) is 30.3 Å². The van der Waals surface area contributed by atoms with Crippen LogP contribution in [0.2, 0.25) is 0 Å². The number of carbonyl (C=O) groups excluding carboxylic acids is 3. The van der Waals surface area contributed by atoms with Crippen LogP contribution in [-0.2, 0) is 4.79 Å². The summed E-state index contributed by atoms with van der Waals surface area (Å²) in [4.78, 5) is 37.3. The highest BCUT2D eigenvalue weighted by Crippen LogP contribution is 2.40. The van der Waals surface area contributed by atoms with E-state index in [1.807, 2.05) is 19.9 Å². The Kier molecular flexibility index (Phi) is 4.64. The largest absolute Gasteiger partial charge is 0.497 e. The third-order valence-electron chi connectivity index (χ3n) is 4.55. The molecule has 5 nitrogen and oxygen atoms in total. The lowest BCUT2D eigenvalue weighted by molar-refractivity contribution is -0.131. The summed E-state index contributed by atoms with van der Waals surface area (Å²) >= 11 is 0. The Morgan fingerprint density at radius 1 is 1.00 bits per heavy atom. The van der Waals surface area contributed by atoms with Gasteiger partial charge in [0.2, 0.25) is 0 Å². The van der Waals surface area contributed by atoms with E-state index < -0.39 is 11.9 Å². The summed E-state index contributed by atoms with van der Waals surface area (Å²) in [5, 5.41) is 0. The Morgan fingerprint density at radius 2 is 1.69 bits per heavy atom. The van der Waals surface area contributed by atoms with Crippen molar-refractivity contribution >= 4 is 17.5 Å². The second kappa shape index (κ2) is 6.75. The van der Waals surface area contributed by atoms with Crippen LogP contribution < -0.4 is 9.47 Å². The molecule has 0 amide bonds. The van der Waals surface area contributed by atoms with Crippen LogP contribution in [0.15, 0.2) is 36.4 Å². The van der Waals surface area contributed by atoms with Crippen molar-refractivity contribution in [2.75, 3.05) is 7.11 Å². The van der Waals surface area contributed by atoms with E-state index in [1.165, 1.54) is 14.0 Å². The molecule has 0 spiro atoms. The van der Waals surface area contributed by atoms with Gasteiger partial charge >= 0.3 is 5.97 Å². The molecule has 1 aliphatic carbocycles. The lowest BCUT2D eigenvalue weighted by Gasteiger charge is -2.16. The van der Waals surface area contributed by atoms with Crippen molar-refractivity contribution in [1.29, 1.82) is 0 Å². The summed E-state index contributed by atoms with van der Waals surface area (Å²) in [5.74, 6) is -1.12. The molecular weight excluding hydrogens is 332 g/mol. The Hall–Kier alpha value is -2.95. The average molecular weight is 352 g/mol. The van der Waals surface area contributed by atoms with E-state index in [4.69, 9.17) is 9.47 Å². The Balaban J connectivity index is 2.10. The fraction of sp³-hybridized carbons (Fsp3) is 0.286. The van der Waals surface area contributed by atoms with Gasteiger partial charge < -0.3 is 9.47 Å². The monoisotopic (exact) mass is 352 g/mol. The van der Waals surface area contributed by atoms with E-state index in [9.17, 15) is 14.4 Å². The maximum absolute atomic E-state index is 12.9. The summed E-state index contributed by atoms with van der Waals surface area (Å²) in [6.45, 7) is 5.32. The van der Waals surface area contributed by atoms with Crippen LogP contribution in [-0.4, -0.2) is 24.6 Å². The van der Waals surface area contributed by atoms with Crippen molar-refractivity contribution in [3.63, 3.8) is 0 Å². The quantitative estimate of drug-likeness (QED) is 0.474. The maximum Gasteiger partial charge on any atom is 0.308 e. The van der Waals surface area contributed by atoms with E-state index in [0.29, 0.717) is 22.4 Å². The first-order valence-electron chi connectivity index (χ1n) is 8.42. The van der Waals surface area contributed by atoms with Gasteiger partial charge in [0.05, 0.1) is 7.11 Å². The van der Waals surface area contributed by atoms with E-state index >= 15 is 0 Å². The standard InChI is InChI=1S/C21H20O5/c1-11(2)13-5-7-16(18(9-13)26-12(3)22)19-20(23)15-8-6-14(25-4)10-17(15)21(19)24/h5-11,19H,1-4H3. The molecule has 0 aliphatic heterocycles. The minimum Gasteiger partial charge on any atom is -0.497 e. The van der Waals surface area contributed by atoms with Gasteiger partial charge in [-0.25, -0.2) is 0 Å². The van der Waals surface area contributed by atoms with Crippen molar-refractivity contribution in [3.8, 4) is 11.5 Å². The highest BCUT2D eigenvalue weighted by molar-refractivity contribution is 6.30. The van der Waals surface area contributed by atoms with Gasteiger partial charge in [-0.3, -0.25) is 14.4 Å². The molecule has 5 heteroatoms. The van der Waals surface area contributed by atoms with Crippen LogP contribution in [0, 0.1) is 0 Å². The molecule has 0 heterocycles. The van der Waals surface area contributed by atoms with Gasteiger partial charge in [0.25, 0.3) is 0 Å². The third-order valence-corrected chi connectivity index (χ3v) is 4.55. The first-order chi connectivity index (χ1) is 12.3. The van der Waals surface area contributed by atoms with Crippen LogP contribution in [0.5, 0.6) is 11.5 Å². The fourth-order valence-corrected chi connectivity index (χ4v) is 3.17. The molecule has 1 atom stereocenters. The summed E-state index contributed by atoms with van der Waals surface area (Å²) in [7, 11) is 1.50. The van der Waals surface area contributed by atoms with Crippen molar-refractivity contribution in [2.24, 2.45) is 0 Å². The SMILES string of the molecule is COc1ccc2c(c1)C(=O)C(c1ccc(C(C)C)cc1OC(C)=O)C2=O. The zero-order valence-corrected chi connectivity index (χ0v) is 15.2. The molecule has 26 heavy (non-hydrogen) atoms. The van der Waals surface area contributed by atoms with Crippen LogP contribution in [0.4, 0.5) is 0 Å². The van der Waals surface area contributed by atoms with Crippen molar-refractivity contribution < 1.29 is 23.9 Å². The summed E-state index contributed by atoms with van der Waals surface area (Å²) in [5.41, 5.74) is 2.07. The number of esters is 1. The zero-order chi connectivity index (χ0) is 19.0. The van der Waals surface area contributed by atoms with Crippen molar-refractivity contribution in [1.82, 2.24) is 0 Å². The molecule has 1 aliphatic rings. The normalized spacial score (nSPS) is 16.0. The highest BCUT2D eigenvalue weighted by atomic mass is 16.5. The number of ketones is 2. The number of fused-ring (bicyclic) bond motifs is 1. The number of Topliss-reactive ketones (excluding diaryl/α,β-unsaturated/α-hetero) is 2. The molecule has 0 bridgehead atoms. The maximum atomic E-state index is 12.9. The number of ether oxygens (including phenoxy) is 2. The summed E-state index contributed by atoms with van der Waals surface area (Å²) in [6.07, 6.45) is 0. The first-order valence-corrected chi connectivity index (χ1v) is 8.42. The Morgan fingerprint density at radius 3 is 2.31 bits per heavy atom.